The van der Waals surface area contributed by atoms with E-state index >= 15 is 0 Å². The molecule has 1 aliphatic heterocycles. The fraction of sp³-hybridized carbons (Fsp3) is 0.300. The summed E-state index contributed by atoms with van der Waals surface area (Å²) in [7, 11) is 1.77. The fourth-order valence-corrected chi connectivity index (χ4v) is 2.90. The van der Waals surface area contributed by atoms with Gasteiger partial charge < -0.3 is 9.64 Å². The molecule has 0 aliphatic carbocycles. The molecule has 1 saturated heterocycles. The maximum absolute atomic E-state index is 12.1. The van der Waals surface area contributed by atoms with E-state index in [-0.39, 0.29) is 12.5 Å². The average molecular weight is 353 g/mol. The molecule has 6 heteroatoms. The molecule has 2 aromatic rings. The molecule has 1 atom stereocenters. The number of carbonyl (C=O) groups is 2. The van der Waals surface area contributed by atoms with Gasteiger partial charge in [-0.15, -0.1) is 0 Å². The van der Waals surface area contributed by atoms with Crippen molar-refractivity contribution in [2.24, 2.45) is 0 Å². The molecular formula is C20H23N3O3. The van der Waals surface area contributed by atoms with Crippen molar-refractivity contribution >= 4 is 17.7 Å². The normalized spacial score (nSPS) is 19.9. The van der Waals surface area contributed by atoms with Gasteiger partial charge in [-0.25, -0.2) is 4.79 Å². The summed E-state index contributed by atoms with van der Waals surface area (Å²) in [6, 6.07) is 17.0. The molecule has 2 N–H and O–H groups in total. The second kappa shape index (κ2) is 7.58. The molecule has 0 bridgehead atoms. The average Bonchev–Trinajstić information content (AvgIpc) is 2.64. The van der Waals surface area contributed by atoms with E-state index in [2.05, 4.69) is 10.6 Å². The maximum Gasteiger partial charge on any atom is 0.411 e. The highest BCUT2D eigenvalue weighted by molar-refractivity contribution is 5.85. The van der Waals surface area contributed by atoms with Gasteiger partial charge >= 0.3 is 6.09 Å². The Kier molecular flexibility index (Phi) is 5.23. The van der Waals surface area contributed by atoms with Crippen molar-refractivity contribution in [3.63, 3.8) is 0 Å². The van der Waals surface area contributed by atoms with E-state index in [0.29, 0.717) is 18.8 Å². The standard InChI is InChI=1S/C20H23N3O3/c1-20(12-18(24)23(2)14-21-20)16-9-6-10-17(11-16)22-19(25)26-13-15-7-4-3-5-8-15/h3-11,21H,12-14H2,1-2H3,(H,22,25)/t20-/m0/s1. The molecule has 6 nitrogen and oxygen atoms in total. The molecule has 0 radical (unpaired) electrons. The molecule has 1 fully saturated rings. The molecule has 2 amide bonds. The number of carbonyl (C=O) groups excluding carboxylic acids is 2. The molecule has 3 rings (SSSR count). The van der Waals surface area contributed by atoms with Gasteiger partial charge in [-0.2, -0.15) is 0 Å². The Morgan fingerprint density at radius 3 is 2.73 bits per heavy atom. The Hall–Kier alpha value is -2.86. The van der Waals surface area contributed by atoms with Crippen LogP contribution < -0.4 is 10.6 Å². The Morgan fingerprint density at radius 1 is 1.23 bits per heavy atom. The van der Waals surface area contributed by atoms with Crippen molar-refractivity contribution in [1.82, 2.24) is 10.2 Å². The lowest BCUT2D eigenvalue weighted by Crippen LogP contribution is -2.54. The summed E-state index contributed by atoms with van der Waals surface area (Å²) in [6.07, 6.45) is -0.144. The fourth-order valence-electron chi connectivity index (χ4n) is 2.90. The van der Waals surface area contributed by atoms with Crippen LogP contribution in [-0.2, 0) is 21.7 Å². The molecule has 2 aromatic carbocycles. The van der Waals surface area contributed by atoms with E-state index in [1.54, 1.807) is 18.0 Å². The molecule has 0 saturated carbocycles. The number of amides is 2. The lowest BCUT2D eigenvalue weighted by atomic mass is 9.86. The van der Waals surface area contributed by atoms with Crippen molar-refractivity contribution in [1.29, 1.82) is 0 Å². The van der Waals surface area contributed by atoms with Crippen molar-refractivity contribution < 1.29 is 14.3 Å². The summed E-state index contributed by atoms with van der Waals surface area (Å²) >= 11 is 0. The summed E-state index contributed by atoms with van der Waals surface area (Å²) < 4.78 is 5.25. The van der Waals surface area contributed by atoms with Crippen molar-refractivity contribution in [3.8, 4) is 0 Å². The number of nitrogens with zero attached hydrogens (tertiary/aromatic N) is 1. The zero-order chi connectivity index (χ0) is 18.6. The molecule has 0 spiro atoms. The van der Waals surface area contributed by atoms with Crippen LogP contribution in [0.4, 0.5) is 10.5 Å². The van der Waals surface area contributed by atoms with Crippen LogP contribution in [0.1, 0.15) is 24.5 Å². The molecule has 1 heterocycles. The Labute approximate surface area is 153 Å². The Bertz CT molecular complexity index is 794. The number of hydrogen-bond donors (Lipinski definition) is 2. The minimum atomic E-state index is -0.511. The lowest BCUT2D eigenvalue weighted by molar-refractivity contribution is -0.135. The first-order chi connectivity index (χ1) is 12.5. The number of anilines is 1. The van der Waals surface area contributed by atoms with Crippen LogP contribution in [0.5, 0.6) is 0 Å². The minimum Gasteiger partial charge on any atom is -0.444 e. The van der Waals surface area contributed by atoms with Crippen LogP contribution >= 0.6 is 0 Å². The molecule has 136 valence electrons. The first-order valence-corrected chi connectivity index (χ1v) is 8.53. The summed E-state index contributed by atoms with van der Waals surface area (Å²) in [5.41, 5.74) is 2.04. The summed E-state index contributed by atoms with van der Waals surface area (Å²) in [4.78, 5) is 25.8. The number of benzene rings is 2. The van der Waals surface area contributed by atoms with E-state index in [1.165, 1.54) is 0 Å². The van der Waals surface area contributed by atoms with Gasteiger partial charge in [0.2, 0.25) is 5.91 Å². The van der Waals surface area contributed by atoms with Gasteiger partial charge in [0.25, 0.3) is 0 Å². The first kappa shape index (κ1) is 17.9. The van der Waals surface area contributed by atoms with E-state index in [0.717, 1.165) is 11.1 Å². The topological polar surface area (TPSA) is 70.7 Å². The third-order valence-corrected chi connectivity index (χ3v) is 4.60. The van der Waals surface area contributed by atoms with Gasteiger partial charge in [-0.3, -0.25) is 15.4 Å². The molecule has 0 unspecified atom stereocenters. The zero-order valence-electron chi connectivity index (χ0n) is 15.0. The smallest absolute Gasteiger partial charge is 0.411 e. The number of rotatable bonds is 4. The van der Waals surface area contributed by atoms with Crippen molar-refractivity contribution in [2.75, 3.05) is 19.0 Å². The minimum absolute atomic E-state index is 0.0897. The third kappa shape index (κ3) is 4.21. The molecule has 0 aromatic heterocycles. The predicted octanol–water partition coefficient (Wildman–Crippen LogP) is 3.06. The SMILES string of the molecule is CN1CN[C@](C)(c2cccc(NC(=O)OCc3ccccc3)c2)CC1=O. The highest BCUT2D eigenvalue weighted by Gasteiger charge is 2.34. The van der Waals surface area contributed by atoms with Crippen LogP contribution in [0.15, 0.2) is 54.6 Å². The Morgan fingerprint density at radius 2 is 2.00 bits per heavy atom. The van der Waals surface area contributed by atoms with Crippen molar-refractivity contribution in [3.05, 3.63) is 65.7 Å². The van der Waals surface area contributed by atoms with E-state index in [9.17, 15) is 9.59 Å². The van der Waals surface area contributed by atoms with Crippen LogP contribution in [0.3, 0.4) is 0 Å². The van der Waals surface area contributed by atoms with Gasteiger partial charge in [0.1, 0.15) is 6.61 Å². The van der Waals surface area contributed by atoms with E-state index in [4.69, 9.17) is 4.74 Å². The number of hydrogen-bond acceptors (Lipinski definition) is 4. The number of nitrogens with one attached hydrogen (secondary N) is 2. The monoisotopic (exact) mass is 353 g/mol. The summed E-state index contributed by atoms with van der Waals surface area (Å²) in [5, 5.41) is 6.12. The quantitative estimate of drug-likeness (QED) is 0.886. The second-order valence-electron chi connectivity index (χ2n) is 6.70. The number of ether oxygens (including phenoxy) is 1. The highest BCUT2D eigenvalue weighted by Crippen LogP contribution is 2.29. The van der Waals surface area contributed by atoms with Crippen LogP contribution in [0.25, 0.3) is 0 Å². The van der Waals surface area contributed by atoms with E-state index in [1.807, 2.05) is 55.5 Å². The highest BCUT2D eigenvalue weighted by atomic mass is 16.5. The zero-order valence-corrected chi connectivity index (χ0v) is 15.0. The first-order valence-electron chi connectivity index (χ1n) is 8.53. The van der Waals surface area contributed by atoms with Gasteiger partial charge in [0.15, 0.2) is 0 Å². The van der Waals surface area contributed by atoms with Gasteiger partial charge in [-0.05, 0) is 30.2 Å². The van der Waals surface area contributed by atoms with Gasteiger partial charge in [0.05, 0.1) is 12.2 Å². The van der Waals surface area contributed by atoms with Gasteiger partial charge in [-0.1, -0.05) is 42.5 Å². The van der Waals surface area contributed by atoms with E-state index < -0.39 is 11.6 Å². The third-order valence-electron chi connectivity index (χ3n) is 4.60. The summed E-state index contributed by atoms with van der Waals surface area (Å²) in [6.45, 7) is 2.70. The molecule has 1 aliphatic rings. The van der Waals surface area contributed by atoms with Crippen LogP contribution in [-0.4, -0.2) is 30.6 Å². The Balaban J connectivity index is 1.64. The summed E-state index contributed by atoms with van der Waals surface area (Å²) in [5.74, 6) is 0.0897. The largest absolute Gasteiger partial charge is 0.444 e. The van der Waals surface area contributed by atoms with Gasteiger partial charge in [0, 0.05) is 19.2 Å². The maximum atomic E-state index is 12.1. The molecule has 26 heavy (non-hydrogen) atoms. The predicted molar refractivity (Wildman–Crippen MR) is 99.4 cm³/mol. The second-order valence-corrected chi connectivity index (χ2v) is 6.70. The van der Waals surface area contributed by atoms with Crippen LogP contribution in [0.2, 0.25) is 0 Å². The molecular weight excluding hydrogens is 330 g/mol. The lowest BCUT2D eigenvalue weighted by Gasteiger charge is -2.39. The van der Waals surface area contributed by atoms with Crippen molar-refractivity contribution in [2.45, 2.75) is 25.5 Å². The van der Waals surface area contributed by atoms with Crippen LogP contribution in [0, 0.1) is 0 Å².